The number of rotatable bonds is 4. The molecular formula is C16H25N3O2. The number of aromatic carboxylic acids is 1. The van der Waals surface area contributed by atoms with Crippen LogP contribution in [0.4, 0.5) is 5.82 Å². The van der Waals surface area contributed by atoms with Gasteiger partial charge in [-0.2, -0.15) is 0 Å². The van der Waals surface area contributed by atoms with Gasteiger partial charge < -0.3 is 14.9 Å². The zero-order valence-corrected chi connectivity index (χ0v) is 13.4. The van der Waals surface area contributed by atoms with Crippen molar-refractivity contribution in [2.45, 2.75) is 26.7 Å². The van der Waals surface area contributed by atoms with Gasteiger partial charge in [0, 0.05) is 19.3 Å². The Bertz CT molecular complexity index is 522. The summed E-state index contributed by atoms with van der Waals surface area (Å²) in [6.07, 6.45) is 2.32. The second kappa shape index (κ2) is 6.43. The predicted molar refractivity (Wildman–Crippen MR) is 84.2 cm³/mol. The normalized spacial score (nSPS) is 17.0. The Morgan fingerprint density at radius 2 is 2.05 bits per heavy atom. The first kappa shape index (κ1) is 15.8. The van der Waals surface area contributed by atoms with Gasteiger partial charge in [0.25, 0.3) is 0 Å². The van der Waals surface area contributed by atoms with Gasteiger partial charge in [-0.3, -0.25) is 0 Å². The molecule has 0 radical (unpaired) electrons. The van der Waals surface area contributed by atoms with Crippen LogP contribution >= 0.6 is 0 Å². The fraction of sp³-hybridized carbons (Fsp3) is 0.625. The van der Waals surface area contributed by atoms with Crippen LogP contribution in [0.5, 0.6) is 0 Å². The highest BCUT2D eigenvalue weighted by Gasteiger charge is 2.23. The van der Waals surface area contributed by atoms with Gasteiger partial charge in [0.05, 0.1) is 0 Å². The van der Waals surface area contributed by atoms with E-state index in [2.05, 4.69) is 16.9 Å². The van der Waals surface area contributed by atoms with Gasteiger partial charge in [-0.15, -0.1) is 0 Å². The van der Waals surface area contributed by atoms with Crippen LogP contribution in [0.3, 0.4) is 0 Å². The molecule has 1 fully saturated rings. The lowest BCUT2D eigenvalue weighted by molar-refractivity contribution is 0.0696. The first-order chi connectivity index (χ1) is 9.88. The molecule has 1 aromatic heterocycles. The van der Waals surface area contributed by atoms with Crippen molar-refractivity contribution in [2.24, 2.45) is 5.92 Å². The zero-order valence-electron chi connectivity index (χ0n) is 13.4. The number of piperidine rings is 1. The van der Waals surface area contributed by atoms with Crippen molar-refractivity contribution < 1.29 is 9.90 Å². The Balaban J connectivity index is 2.18. The Kier molecular flexibility index (Phi) is 4.83. The molecule has 0 atom stereocenters. The highest BCUT2D eigenvalue weighted by atomic mass is 16.4. The number of carboxylic acid groups (broad SMARTS) is 1. The minimum absolute atomic E-state index is 0.330. The molecule has 21 heavy (non-hydrogen) atoms. The Labute approximate surface area is 126 Å². The molecule has 2 rings (SSSR count). The number of nitrogens with zero attached hydrogens (tertiary/aromatic N) is 3. The van der Waals surface area contributed by atoms with Crippen LogP contribution in [-0.4, -0.2) is 54.7 Å². The van der Waals surface area contributed by atoms with Crippen molar-refractivity contribution in [1.29, 1.82) is 0 Å². The van der Waals surface area contributed by atoms with Crippen molar-refractivity contribution >= 4 is 11.8 Å². The molecule has 5 nitrogen and oxygen atoms in total. The van der Waals surface area contributed by atoms with Gasteiger partial charge in [-0.05, 0) is 64.4 Å². The summed E-state index contributed by atoms with van der Waals surface area (Å²) >= 11 is 0. The molecule has 5 heteroatoms. The van der Waals surface area contributed by atoms with Crippen molar-refractivity contribution in [3.8, 4) is 0 Å². The molecule has 116 valence electrons. The highest BCUT2D eigenvalue weighted by molar-refractivity contribution is 5.95. The average Bonchev–Trinajstić information content (AvgIpc) is 2.39. The lowest BCUT2D eigenvalue weighted by atomic mass is 9.96. The summed E-state index contributed by atoms with van der Waals surface area (Å²) in [5, 5.41) is 9.45. The summed E-state index contributed by atoms with van der Waals surface area (Å²) in [5.74, 6) is 0.305. The summed E-state index contributed by atoms with van der Waals surface area (Å²) in [6.45, 7) is 6.84. The smallest absolute Gasteiger partial charge is 0.339 e. The molecule has 0 aliphatic carbocycles. The minimum Gasteiger partial charge on any atom is -0.478 e. The van der Waals surface area contributed by atoms with E-state index >= 15 is 0 Å². The molecule has 1 aromatic rings. The number of aromatic nitrogens is 1. The van der Waals surface area contributed by atoms with E-state index in [-0.39, 0.29) is 0 Å². The molecule has 1 aliphatic heterocycles. The predicted octanol–water partition coefficient (Wildman–Crippen LogP) is 2.17. The molecule has 1 aliphatic rings. The lowest BCUT2D eigenvalue weighted by Crippen LogP contribution is -2.36. The maximum Gasteiger partial charge on any atom is 0.339 e. The molecule has 2 heterocycles. The first-order valence-electron chi connectivity index (χ1n) is 7.49. The Morgan fingerprint density at radius 3 is 2.62 bits per heavy atom. The summed E-state index contributed by atoms with van der Waals surface area (Å²) in [4.78, 5) is 20.3. The van der Waals surface area contributed by atoms with E-state index in [1.165, 1.54) is 0 Å². The maximum atomic E-state index is 11.5. The summed E-state index contributed by atoms with van der Waals surface area (Å²) in [7, 11) is 4.10. The fourth-order valence-electron chi connectivity index (χ4n) is 3.08. The number of pyridine rings is 1. The number of hydrogen-bond acceptors (Lipinski definition) is 4. The van der Waals surface area contributed by atoms with E-state index in [0.29, 0.717) is 17.3 Å². The number of likely N-dealkylation sites (tertiary alicyclic amines) is 1. The molecule has 0 saturated carbocycles. The van der Waals surface area contributed by atoms with Crippen LogP contribution in [-0.2, 0) is 0 Å². The second-order valence-electron chi connectivity index (χ2n) is 6.21. The SMILES string of the molecule is Cc1cc(C)c(C(=O)O)c(N(C)CC2CCN(C)CC2)n1. The van der Waals surface area contributed by atoms with Crippen molar-refractivity contribution in [3.05, 3.63) is 22.9 Å². The monoisotopic (exact) mass is 291 g/mol. The number of carboxylic acids is 1. The molecular weight excluding hydrogens is 266 g/mol. The number of carbonyl (C=O) groups is 1. The van der Waals surface area contributed by atoms with Gasteiger partial charge in [-0.1, -0.05) is 0 Å². The van der Waals surface area contributed by atoms with E-state index in [1.807, 2.05) is 31.9 Å². The van der Waals surface area contributed by atoms with Gasteiger partial charge in [0.1, 0.15) is 11.4 Å². The molecule has 1 saturated heterocycles. The van der Waals surface area contributed by atoms with E-state index < -0.39 is 5.97 Å². The van der Waals surface area contributed by atoms with Crippen molar-refractivity contribution in [2.75, 3.05) is 38.6 Å². The third-order valence-corrected chi connectivity index (χ3v) is 4.27. The molecule has 0 aromatic carbocycles. The van der Waals surface area contributed by atoms with Gasteiger partial charge >= 0.3 is 5.97 Å². The fourth-order valence-corrected chi connectivity index (χ4v) is 3.08. The van der Waals surface area contributed by atoms with Crippen LogP contribution < -0.4 is 4.90 Å². The average molecular weight is 291 g/mol. The molecule has 0 amide bonds. The number of anilines is 1. The lowest BCUT2D eigenvalue weighted by Gasteiger charge is -2.32. The van der Waals surface area contributed by atoms with E-state index in [0.717, 1.165) is 43.7 Å². The van der Waals surface area contributed by atoms with Crippen LogP contribution in [0.1, 0.15) is 34.5 Å². The van der Waals surface area contributed by atoms with E-state index in [9.17, 15) is 9.90 Å². The van der Waals surface area contributed by atoms with Gasteiger partial charge in [0.15, 0.2) is 0 Å². The first-order valence-corrected chi connectivity index (χ1v) is 7.49. The highest BCUT2D eigenvalue weighted by Crippen LogP contribution is 2.25. The summed E-state index contributed by atoms with van der Waals surface area (Å²) in [5.41, 5.74) is 1.97. The summed E-state index contributed by atoms with van der Waals surface area (Å²) in [6, 6.07) is 1.83. The minimum atomic E-state index is -0.898. The third-order valence-electron chi connectivity index (χ3n) is 4.27. The Hall–Kier alpha value is -1.62. The maximum absolute atomic E-state index is 11.5. The van der Waals surface area contributed by atoms with Gasteiger partial charge in [-0.25, -0.2) is 9.78 Å². The summed E-state index contributed by atoms with van der Waals surface area (Å²) < 4.78 is 0. The molecule has 0 bridgehead atoms. The number of hydrogen-bond donors (Lipinski definition) is 1. The largest absolute Gasteiger partial charge is 0.478 e. The van der Waals surface area contributed by atoms with Crippen LogP contribution in [0, 0.1) is 19.8 Å². The van der Waals surface area contributed by atoms with Crippen molar-refractivity contribution in [1.82, 2.24) is 9.88 Å². The van der Waals surface area contributed by atoms with Crippen LogP contribution in [0.2, 0.25) is 0 Å². The molecule has 0 spiro atoms. The quantitative estimate of drug-likeness (QED) is 0.921. The van der Waals surface area contributed by atoms with Crippen LogP contribution in [0.25, 0.3) is 0 Å². The Morgan fingerprint density at radius 1 is 1.43 bits per heavy atom. The van der Waals surface area contributed by atoms with Crippen molar-refractivity contribution in [3.63, 3.8) is 0 Å². The topological polar surface area (TPSA) is 56.7 Å². The number of aryl methyl sites for hydroxylation is 2. The molecule has 0 unspecified atom stereocenters. The van der Waals surface area contributed by atoms with Gasteiger partial charge in [0.2, 0.25) is 0 Å². The van der Waals surface area contributed by atoms with Crippen LogP contribution in [0.15, 0.2) is 6.07 Å². The second-order valence-corrected chi connectivity index (χ2v) is 6.21. The molecule has 1 N–H and O–H groups in total. The van der Waals surface area contributed by atoms with E-state index in [4.69, 9.17) is 0 Å². The third kappa shape index (κ3) is 3.73. The zero-order chi connectivity index (χ0) is 15.6. The standard InChI is InChI=1S/C16H25N3O2/c1-11-9-12(2)17-15(14(11)16(20)21)19(4)10-13-5-7-18(3)8-6-13/h9,13H,5-8,10H2,1-4H3,(H,20,21). The van der Waals surface area contributed by atoms with E-state index in [1.54, 1.807) is 0 Å².